The molecule has 0 heterocycles. The zero-order chi connectivity index (χ0) is 23.4. The largest absolute Gasteiger partial charge is 0.192 e. The lowest BCUT2D eigenvalue weighted by Crippen LogP contribution is -2.15. The third-order valence-electron chi connectivity index (χ3n) is 7.46. The Labute approximate surface area is 200 Å². The molecule has 0 fully saturated rings. The van der Waals surface area contributed by atoms with Crippen molar-refractivity contribution in [2.45, 2.75) is 26.2 Å². The third-order valence-corrected chi connectivity index (χ3v) is 7.46. The van der Waals surface area contributed by atoms with Crippen LogP contribution >= 0.6 is 0 Å². The highest BCUT2D eigenvalue weighted by Crippen LogP contribution is 2.50. The summed E-state index contributed by atoms with van der Waals surface area (Å²) >= 11 is 0. The molecule has 0 amide bonds. The van der Waals surface area contributed by atoms with E-state index >= 15 is 0 Å². The molecule has 0 saturated heterocycles. The molecular formula is C33H25N. The van der Waals surface area contributed by atoms with Crippen molar-refractivity contribution >= 4 is 10.8 Å². The van der Waals surface area contributed by atoms with Crippen molar-refractivity contribution in [3.8, 4) is 39.4 Å². The van der Waals surface area contributed by atoms with Gasteiger partial charge in [0, 0.05) is 11.0 Å². The predicted molar refractivity (Wildman–Crippen MR) is 142 cm³/mol. The molecular weight excluding hydrogens is 410 g/mol. The van der Waals surface area contributed by atoms with Gasteiger partial charge in [-0.2, -0.15) is 5.26 Å². The Morgan fingerprint density at radius 3 is 2.18 bits per heavy atom. The third kappa shape index (κ3) is 2.93. The normalized spacial score (nSPS) is 13.4. The van der Waals surface area contributed by atoms with Gasteiger partial charge in [0.1, 0.15) is 0 Å². The van der Waals surface area contributed by atoms with Crippen molar-refractivity contribution in [2.24, 2.45) is 0 Å². The van der Waals surface area contributed by atoms with Crippen LogP contribution in [0.4, 0.5) is 0 Å². The van der Waals surface area contributed by atoms with E-state index in [1.54, 1.807) is 0 Å². The zero-order valence-corrected chi connectivity index (χ0v) is 19.7. The van der Waals surface area contributed by atoms with Gasteiger partial charge in [-0.3, -0.25) is 0 Å². The number of rotatable bonds is 2. The van der Waals surface area contributed by atoms with Crippen LogP contribution in [0, 0.1) is 18.3 Å². The van der Waals surface area contributed by atoms with E-state index in [1.807, 2.05) is 12.1 Å². The number of nitriles is 1. The van der Waals surface area contributed by atoms with E-state index in [0.29, 0.717) is 0 Å². The summed E-state index contributed by atoms with van der Waals surface area (Å²) in [6.07, 6.45) is 0. The van der Waals surface area contributed by atoms with Crippen molar-refractivity contribution in [1.29, 1.82) is 5.26 Å². The molecule has 0 aliphatic heterocycles. The predicted octanol–water partition coefficient (Wildman–Crippen LogP) is 8.66. The maximum Gasteiger partial charge on any atom is 0.0998 e. The smallest absolute Gasteiger partial charge is 0.0998 e. The molecule has 34 heavy (non-hydrogen) atoms. The van der Waals surface area contributed by atoms with Gasteiger partial charge in [-0.05, 0) is 74.3 Å². The molecule has 1 aliphatic rings. The van der Waals surface area contributed by atoms with Gasteiger partial charge >= 0.3 is 0 Å². The number of nitrogens with zero attached hydrogens (tertiary/aromatic N) is 1. The van der Waals surface area contributed by atoms with Crippen molar-refractivity contribution < 1.29 is 0 Å². The first kappa shape index (κ1) is 20.5. The SMILES string of the molecule is Cc1ccc2ccccc2c1-c1ccc(-c2ccc3c(c2)C(C)(C)c2cccc(C#N)c2-3)cc1. The van der Waals surface area contributed by atoms with Gasteiger partial charge in [-0.15, -0.1) is 0 Å². The van der Waals surface area contributed by atoms with Gasteiger partial charge in [-0.25, -0.2) is 0 Å². The fourth-order valence-electron chi connectivity index (χ4n) is 5.65. The first-order valence-corrected chi connectivity index (χ1v) is 11.8. The summed E-state index contributed by atoms with van der Waals surface area (Å²) in [5.41, 5.74) is 11.7. The Hall–Kier alpha value is -4.15. The van der Waals surface area contributed by atoms with Crippen LogP contribution in [-0.4, -0.2) is 0 Å². The molecule has 0 radical (unpaired) electrons. The lowest BCUT2D eigenvalue weighted by atomic mass is 9.81. The van der Waals surface area contributed by atoms with Crippen molar-refractivity contribution in [1.82, 2.24) is 0 Å². The van der Waals surface area contributed by atoms with E-state index in [-0.39, 0.29) is 5.41 Å². The van der Waals surface area contributed by atoms with Crippen molar-refractivity contribution in [2.75, 3.05) is 0 Å². The monoisotopic (exact) mass is 435 g/mol. The van der Waals surface area contributed by atoms with Crippen molar-refractivity contribution in [3.63, 3.8) is 0 Å². The van der Waals surface area contributed by atoms with Gasteiger partial charge in [0.25, 0.3) is 0 Å². The lowest BCUT2D eigenvalue weighted by Gasteiger charge is -2.22. The molecule has 0 saturated carbocycles. The summed E-state index contributed by atoms with van der Waals surface area (Å²) in [5.74, 6) is 0. The molecule has 1 nitrogen and oxygen atoms in total. The second-order valence-electron chi connectivity index (χ2n) is 9.78. The summed E-state index contributed by atoms with van der Waals surface area (Å²) in [6, 6.07) is 37.1. The van der Waals surface area contributed by atoms with E-state index in [4.69, 9.17) is 0 Å². The van der Waals surface area contributed by atoms with Crippen LogP contribution in [-0.2, 0) is 5.41 Å². The first-order valence-electron chi connectivity index (χ1n) is 11.8. The Balaban J connectivity index is 1.44. The number of aryl methyl sites for hydroxylation is 1. The van der Waals surface area contributed by atoms with Crippen LogP contribution in [0.5, 0.6) is 0 Å². The van der Waals surface area contributed by atoms with Crippen LogP contribution in [0.3, 0.4) is 0 Å². The van der Waals surface area contributed by atoms with Gasteiger partial charge in [0.15, 0.2) is 0 Å². The van der Waals surface area contributed by atoms with E-state index in [1.165, 1.54) is 55.3 Å². The minimum atomic E-state index is -0.131. The highest BCUT2D eigenvalue weighted by molar-refractivity contribution is 5.98. The number of hydrogen-bond donors (Lipinski definition) is 0. The Morgan fingerprint density at radius 1 is 0.647 bits per heavy atom. The second kappa shape index (κ2) is 7.44. The molecule has 0 unspecified atom stereocenters. The molecule has 6 rings (SSSR count). The summed E-state index contributed by atoms with van der Waals surface area (Å²) in [6.45, 7) is 6.70. The second-order valence-corrected chi connectivity index (χ2v) is 9.78. The maximum atomic E-state index is 9.69. The van der Waals surface area contributed by atoms with Crippen molar-refractivity contribution in [3.05, 3.63) is 119 Å². The first-order chi connectivity index (χ1) is 16.5. The number of hydrogen-bond acceptors (Lipinski definition) is 1. The summed E-state index contributed by atoms with van der Waals surface area (Å²) in [5, 5.41) is 12.2. The highest BCUT2D eigenvalue weighted by atomic mass is 14.4. The summed E-state index contributed by atoms with van der Waals surface area (Å²) in [7, 11) is 0. The van der Waals surface area contributed by atoms with E-state index in [9.17, 15) is 5.26 Å². The molecule has 0 N–H and O–H groups in total. The van der Waals surface area contributed by atoms with Crippen LogP contribution in [0.25, 0.3) is 44.2 Å². The lowest BCUT2D eigenvalue weighted by molar-refractivity contribution is 0.660. The molecule has 1 heteroatoms. The molecule has 1 aliphatic carbocycles. The average Bonchev–Trinajstić information content (AvgIpc) is 3.10. The fraction of sp³-hybridized carbons (Fsp3) is 0.121. The Morgan fingerprint density at radius 2 is 1.38 bits per heavy atom. The number of fused-ring (bicyclic) bond motifs is 4. The Bertz CT molecular complexity index is 1630. The number of benzene rings is 5. The van der Waals surface area contributed by atoms with Crippen LogP contribution < -0.4 is 0 Å². The molecule has 162 valence electrons. The maximum absolute atomic E-state index is 9.69. The van der Waals surface area contributed by atoms with Crippen LogP contribution in [0.2, 0.25) is 0 Å². The van der Waals surface area contributed by atoms with Gasteiger partial charge in [0.05, 0.1) is 11.6 Å². The average molecular weight is 436 g/mol. The summed E-state index contributed by atoms with van der Waals surface area (Å²) in [4.78, 5) is 0. The molecule has 0 aromatic heterocycles. The fourth-order valence-corrected chi connectivity index (χ4v) is 5.65. The minimum absolute atomic E-state index is 0.131. The van der Waals surface area contributed by atoms with Gasteiger partial charge < -0.3 is 0 Å². The quantitative estimate of drug-likeness (QED) is 0.272. The van der Waals surface area contributed by atoms with E-state index < -0.39 is 0 Å². The topological polar surface area (TPSA) is 23.8 Å². The molecule has 0 spiro atoms. The Kier molecular flexibility index (Phi) is 4.48. The van der Waals surface area contributed by atoms with Crippen LogP contribution in [0.15, 0.2) is 97.1 Å². The summed E-state index contributed by atoms with van der Waals surface area (Å²) < 4.78 is 0. The highest BCUT2D eigenvalue weighted by Gasteiger charge is 2.36. The van der Waals surface area contributed by atoms with Crippen LogP contribution in [0.1, 0.15) is 36.1 Å². The standard InChI is InChI=1S/C33H25N/c1-21-11-12-23-7-4-5-9-27(23)31(21)24-15-13-22(14-16-24)25-17-18-28-30(19-25)33(2,3)29-10-6-8-26(20-34)32(28)29/h4-19H,1-3H3. The van der Waals surface area contributed by atoms with Gasteiger partial charge in [-0.1, -0.05) is 98.8 Å². The molecule has 5 aromatic rings. The molecule has 0 bridgehead atoms. The zero-order valence-electron chi connectivity index (χ0n) is 19.7. The molecule has 5 aromatic carbocycles. The van der Waals surface area contributed by atoms with Gasteiger partial charge in [0.2, 0.25) is 0 Å². The van der Waals surface area contributed by atoms with E-state index in [2.05, 4.69) is 112 Å². The minimum Gasteiger partial charge on any atom is -0.192 e. The molecule has 0 atom stereocenters. The van der Waals surface area contributed by atoms with E-state index in [0.717, 1.165) is 11.1 Å².